The number of nitrogens with zero attached hydrogens (tertiary/aromatic N) is 4. The molecule has 7 nitrogen and oxygen atoms in total. The first-order valence-corrected chi connectivity index (χ1v) is 10.8. The van der Waals surface area contributed by atoms with Crippen molar-refractivity contribution in [3.05, 3.63) is 84.2 Å². The first-order valence-electron chi connectivity index (χ1n) is 10.8. The summed E-state index contributed by atoms with van der Waals surface area (Å²) >= 11 is 0. The maximum Gasteiger partial charge on any atom is 0.225 e. The van der Waals surface area contributed by atoms with Gasteiger partial charge in [-0.25, -0.2) is 9.37 Å². The van der Waals surface area contributed by atoms with Gasteiger partial charge in [0.15, 0.2) is 5.78 Å². The Bertz CT molecular complexity index is 1020. The van der Waals surface area contributed by atoms with Crippen LogP contribution in [0.5, 0.6) is 0 Å². The number of halogens is 1. The topological polar surface area (TPSA) is 80.1 Å². The van der Waals surface area contributed by atoms with Gasteiger partial charge >= 0.3 is 0 Å². The first kappa shape index (κ1) is 21.8. The van der Waals surface area contributed by atoms with Crippen LogP contribution in [0.4, 0.5) is 4.39 Å². The average Bonchev–Trinajstić information content (AvgIpc) is 3.47. The monoisotopic (exact) mass is 435 g/mol. The van der Waals surface area contributed by atoms with Gasteiger partial charge in [-0.2, -0.15) is 5.10 Å². The van der Waals surface area contributed by atoms with Crippen LogP contribution in [0.25, 0.3) is 0 Å². The fourth-order valence-electron chi connectivity index (χ4n) is 4.15. The summed E-state index contributed by atoms with van der Waals surface area (Å²) in [4.78, 5) is 32.3. The Labute approximate surface area is 186 Å². The van der Waals surface area contributed by atoms with Crippen LogP contribution < -0.4 is 5.32 Å². The zero-order valence-electron chi connectivity index (χ0n) is 17.7. The molecule has 0 bridgehead atoms. The van der Waals surface area contributed by atoms with Crippen LogP contribution >= 0.6 is 0 Å². The highest BCUT2D eigenvalue weighted by molar-refractivity contribution is 6.01. The number of amides is 1. The number of nitrogens with one attached hydrogen (secondary N) is 1. The molecule has 0 saturated carbocycles. The maximum absolute atomic E-state index is 13.3. The number of hydrogen-bond donors (Lipinski definition) is 1. The Morgan fingerprint density at radius 1 is 1.03 bits per heavy atom. The minimum atomic E-state index is -0.473. The Balaban J connectivity index is 1.42. The van der Waals surface area contributed by atoms with Crippen molar-refractivity contribution in [2.45, 2.75) is 19.5 Å². The number of benzene rings is 2. The normalized spacial score (nSPS) is 18.5. The third kappa shape index (κ3) is 5.45. The number of hydrogen-bond acceptors (Lipinski definition) is 5. The van der Waals surface area contributed by atoms with E-state index in [0.29, 0.717) is 44.7 Å². The van der Waals surface area contributed by atoms with Crippen LogP contribution in [0.15, 0.2) is 67.3 Å². The van der Waals surface area contributed by atoms with Crippen LogP contribution in [0, 0.1) is 17.7 Å². The number of rotatable bonds is 9. The Morgan fingerprint density at radius 2 is 1.78 bits per heavy atom. The molecule has 1 aliphatic rings. The Hall–Kier alpha value is -3.39. The molecular weight excluding hydrogens is 409 g/mol. The van der Waals surface area contributed by atoms with Gasteiger partial charge < -0.3 is 5.32 Å². The second-order valence-corrected chi connectivity index (χ2v) is 8.07. The van der Waals surface area contributed by atoms with E-state index in [1.54, 1.807) is 11.0 Å². The van der Waals surface area contributed by atoms with Gasteiger partial charge in [0.2, 0.25) is 5.91 Å². The Kier molecular flexibility index (Phi) is 7.01. The van der Waals surface area contributed by atoms with Gasteiger partial charge in [0.25, 0.3) is 0 Å². The molecule has 0 aliphatic carbocycles. The van der Waals surface area contributed by atoms with Crippen molar-refractivity contribution in [2.24, 2.45) is 11.8 Å². The van der Waals surface area contributed by atoms with Crippen molar-refractivity contribution >= 4 is 11.7 Å². The van der Waals surface area contributed by atoms with Crippen molar-refractivity contribution in [3.8, 4) is 0 Å². The molecule has 2 aromatic carbocycles. The number of aryl methyl sites for hydroxylation is 1. The van der Waals surface area contributed by atoms with Crippen LogP contribution in [0.1, 0.15) is 22.3 Å². The highest BCUT2D eigenvalue weighted by atomic mass is 19.1. The van der Waals surface area contributed by atoms with Gasteiger partial charge in [-0.05, 0) is 36.2 Å². The predicted molar refractivity (Wildman–Crippen MR) is 117 cm³/mol. The van der Waals surface area contributed by atoms with Crippen molar-refractivity contribution in [1.29, 1.82) is 0 Å². The summed E-state index contributed by atoms with van der Waals surface area (Å²) in [5.74, 6) is -1.56. The van der Waals surface area contributed by atoms with Gasteiger partial charge in [-0.1, -0.05) is 30.3 Å². The smallest absolute Gasteiger partial charge is 0.225 e. The molecule has 8 heteroatoms. The number of carbonyl (C=O) groups is 2. The third-order valence-corrected chi connectivity index (χ3v) is 5.78. The summed E-state index contributed by atoms with van der Waals surface area (Å²) in [7, 11) is 0. The van der Waals surface area contributed by atoms with E-state index in [1.165, 1.54) is 30.6 Å². The molecule has 1 N–H and O–H groups in total. The fourth-order valence-corrected chi connectivity index (χ4v) is 4.15. The minimum Gasteiger partial charge on any atom is -0.356 e. The molecule has 1 fully saturated rings. The van der Waals surface area contributed by atoms with Crippen LogP contribution in [-0.4, -0.2) is 51.0 Å². The molecule has 2 heterocycles. The Morgan fingerprint density at radius 3 is 2.50 bits per heavy atom. The zero-order valence-corrected chi connectivity index (χ0v) is 17.7. The van der Waals surface area contributed by atoms with E-state index < -0.39 is 11.8 Å². The molecule has 0 spiro atoms. The van der Waals surface area contributed by atoms with Crippen LogP contribution in [-0.2, 0) is 17.9 Å². The van der Waals surface area contributed by atoms with E-state index in [9.17, 15) is 14.0 Å². The SMILES string of the molecule is O=C(NCCCn1cncn1)[C@@H]1CN(Cc2ccccc2)C[C@H]1C(=O)c1ccc(F)cc1. The number of ketones is 1. The quantitative estimate of drug-likeness (QED) is 0.413. The van der Waals surface area contributed by atoms with Gasteiger partial charge in [0, 0.05) is 44.2 Å². The number of carbonyl (C=O) groups excluding carboxylic acids is 2. The molecule has 0 unspecified atom stereocenters. The molecule has 3 aromatic rings. The third-order valence-electron chi connectivity index (χ3n) is 5.78. The summed E-state index contributed by atoms with van der Waals surface area (Å²) in [5, 5.41) is 7.03. The molecule has 1 saturated heterocycles. The van der Waals surface area contributed by atoms with E-state index in [4.69, 9.17) is 0 Å². The second kappa shape index (κ2) is 10.3. The van der Waals surface area contributed by atoms with Crippen LogP contribution in [0.2, 0.25) is 0 Å². The fraction of sp³-hybridized carbons (Fsp3) is 0.333. The summed E-state index contributed by atoms with van der Waals surface area (Å²) in [5.41, 5.74) is 1.57. The summed E-state index contributed by atoms with van der Waals surface area (Å²) < 4.78 is 15.0. The molecule has 32 heavy (non-hydrogen) atoms. The minimum absolute atomic E-state index is 0.122. The lowest BCUT2D eigenvalue weighted by Crippen LogP contribution is -2.38. The molecule has 1 aliphatic heterocycles. The average molecular weight is 436 g/mol. The summed E-state index contributed by atoms with van der Waals surface area (Å²) in [6.45, 7) is 2.81. The lowest BCUT2D eigenvalue weighted by Gasteiger charge is -2.17. The number of Topliss-reactive ketones (excluding diaryl/α,β-unsaturated/α-hetero) is 1. The standard InChI is InChI=1S/C24H26FN5O2/c25-20-9-7-19(8-10-20)23(31)21-14-29(13-18-5-2-1-3-6-18)15-22(21)24(32)27-11-4-12-30-17-26-16-28-30/h1-3,5-10,16-17,21-22H,4,11-15H2,(H,27,32)/t21-,22-/m1/s1. The number of likely N-dealkylation sites (tertiary alicyclic amines) is 1. The predicted octanol–water partition coefficient (Wildman–Crippen LogP) is 2.55. The lowest BCUT2D eigenvalue weighted by molar-refractivity contribution is -0.125. The number of aromatic nitrogens is 3. The van der Waals surface area contributed by atoms with E-state index in [0.717, 1.165) is 5.56 Å². The molecular formula is C24H26FN5O2. The van der Waals surface area contributed by atoms with E-state index in [1.807, 2.05) is 30.3 Å². The van der Waals surface area contributed by atoms with Gasteiger partial charge in [-0.15, -0.1) is 0 Å². The van der Waals surface area contributed by atoms with E-state index in [-0.39, 0.29) is 17.5 Å². The molecule has 0 radical (unpaired) electrons. The first-order chi connectivity index (χ1) is 15.6. The van der Waals surface area contributed by atoms with Crippen LogP contribution in [0.3, 0.4) is 0 Å². The van der Waals surface area contributed by atoms with Crippen molar-refractivity contribution in [1.82, 2.24) is 25.0 Å². The molecule has 1 amide bonds. The van der Waals surface area contributed by atoms with E-state index in [2.05, 4.69) is 20.3 Å². The van der Waals surface area contributed by atoms with Crippen molar-refractivity contribution in [3.63, 3.8) is 0 Å². The highest BCUT2D eigenvalue weighted by Crippen LogP contribution is 2.28. The molecule has 2 atom stereocenters. The van der Waals surface area contributed by atoms with Gasteiger partial charge in [0.05, 0.1) is 5.92 Å². The molecule has 1 aromatic heterocycles. The van der Waals surface area contributed by atoms with E-state index >= 15 is 0 Å². The summed E-state index contributed by atoms with van der Waals surface area (Å²) in [6.07, 6.45) is 3.83. The molecule has 166 valence electrons. The van der Waals surface area contributed by atoms with Crippen molar-refractivity contribution < 1.29 is 14.0 Å². The van der Waals surface area contributed by atoms with Gasteiger partial charge in [0.1, 0.15) is 18.5 Å². The highest BCUT2D eigenvalue weighted by Gasteiger charge is 2.41. The summed E-state index contributed by atoms with van der Waals surface area (Å²) in [6, 6.07) is 15.5. The maximum atomic E-state index is 13.3. The zero-order chi connectivity index (χ0) is 22.3. The second-order valence-electron chi connectivity index (χ2n) is 8.07. The van der Waals surface area contributed by atoms with Gasteiger partial charge in [-0.3, -0.25) is 19.2 Å². The largest absolute Gasteiger partial charge is 0.356 e. The van der Waals surface area contributed by atoms with Crippen molar-refractivity contribution in [2.75, 3.05) is 19.6 Å². The lowest BCUT2D eigenvalue weighted by atomic mass is 9.88. The molecule has 4 rings (SSSR count).